The van der Waals surface area contributed by atoms with Crippen molar-refractivity contribution >= 4 is 90.8 Å². The summed E-state index contributed by atoms with van der Waals surface area (Å²) in [4.78, 5) is 24.5. The first kappa shape index (κ1) is 49.8. The van der Waals surface area contributed by atoms with Gasteiger partial charge >= 0.3 is 59.1 Å². The van der Waals surface area contributed by atoms with E-state index in [0.717, 1.165) is 12.1 Å². The second kappa shape index (κ2) is 22.5. The summed E-state index contributed by atoms with van der Waals surface area (Å²) in [5, 5.41) is 37.1. The third-order valence-electron chi connectivity index (χ3n) is 7.96. The van der Waals surface area contributed by atoms with Crippen LogP contribution in [0.1, 0.15) is 25.0 Å². The fourth-order valence-corrected chi connectivity index (χ4v) is 6.68. The molecule has 24 heteroatoms. The number of aliphatic hydroxyl groups excluding tert-OH is 2. The number of para-hydroxylation sites is 2. The van der Waals surface area contributed by atoms with Gasteiger partial charge in [-0.3, -0.25) is 0 Å². The molecule has 2 unspecified atom stereocenters. The molecule has 20 nitrogen and oxygen atoms in total. The van der Waals surface area contributed by atoms with Crippen molar-refractivity contribution in [2.45, 2.75) is 35.8 Å². The summed E-state index contributed by atoms with van der Waals surface area (Å²) < 4.78 is 75.0. The minimum atomic E-state index is -5.12. The first-order chi connectivity index (χ1) is 28.6. The number of nitrogens with zero attached hydrogens (tertiary/aromatic N) is 6. The maximum absolute atomic E-state index is 12.5. The smallest absolute Gasteiger partial charge is 0.744 e. The third kappa shape index (κ3) is 14.9. The zero-order valence-corrected chi connectivity index (χ0v) is 39.4. The Morgan fingerprint density at radius 2 is 0.806 bits per heavy atom. The molecule has 0 saturated carbocycles. The van der Waals surface area contributed by atoms with E-state index in [-0.39, 0.29) is 130 Å². The Kier molecular flexibility index (Phi) is 18.1. The van der Waals surface area contributed by atoms with Gasteiger partial charge in [0.05, 0.1) is 22.0 Å². The minimum absolute atomic E-state index is 0. The van der Waals surface area contributed by atoms with Crippen LogP contribution >= 0.6 is 0 Å². The summed E-state index contributed by atoms with van der Waals surface area (Å²) in [6.07, 6.45) is 0.903. The number of hydrogen-bond donors (Lipinski definition) is 8. The van der Waals surface area contributed by atoms with Crippen molar-refractivity contribution in [3.8, 4) is 0 Å². The van der Waals surface area contributed by atoms with E-state index in [1.54, 1.807) is 62.4 Å². The van der Waals surface area contributed by atoms with E-state index in [0.29, 0.717) is 11.4 Å². The standard InChI is InChI=1S/C38H40N12O8S2.2Na/c1-23(51)21-39-33-45-35(41-27-9-5-3-6-10-27)49-37(47-33)43-29-17-15-25(31(19-29)59(53,54)55)13-14-26-16-18-30(20-32(26)60(56,57)58)44-38-48-34(40-22-24(2)52)46-36(50-38)42-28-11-7-4-8-12-28;;/h3-20,23-24,51-52H,21-22H2,1-2H3,(H,53,54,55)(H,56,57,58)(H3,39,41,43,45,47,49)(H3,40,42,44,46,48,50);;/q;2*+1/p-2/b14-13+;;. The predicted octanol–water partition coefficient (Wildman–Crippen LogP) is -1.40. The average molecular weight is 901 g/mol. The molecule has 0 aliphatic carbocycles. The topological polar surface area (TPSA) is 304 Å². The summed E-state index contributed by atoms with van der Waals surface area (Å²) in [5.41, 5.74) is 1.29. The van der Waals surface area contributed by atoms with E-state index in [2.05, 4.69) is 61.8 Å². The molecule has 8 N–H and O–H groups in total. The van der Waals surface area contributed by atoms with Gasteiger partial charge in [-0.1, -0.05) is 60.7 Å². The SMILES string of the molecule is CC(O)CNc1nc(Nc2ccccc2)nc(Nc2ccc(/C=C/c3ccc(Nc4nc(NCC(C)O)nc(Nc5ccccc5)n4)cc3S(=O)(=O)[O-])c(S(=O)(=O)[O-])c2)n1.[Na+].[Na+]. The van der Waals surface area contributed by atoms with Crippen molar-refractivity contribution in [1.29, 1.82) is 0 Å². The van der Waals surface area contributed by atoms with Crippen molar-refractivity contribution < 1.29 is 95.3 Å². The molecule has 2 heterocycles. The van der Waals surface area contributed by atoms with Crippen molar-refractivity contribution in [1.82, 2.24) is 29.9 Å². The first-order valence-corrected chi connectivity index (χ1v) is 20.8. The van der Waals surface area contributed by atoms with E-state index in [4.69, 9.17) is 0 Å². The number of nitrogens with one attached hydrogen (secondary N) is 6. The Bertz CT molecular complexity index is 2520. The number of aliphatic hydroxyl groups is 2. The predicted molar refractivity (Wildman–Crippen MR) is 224 cm³/mol. The van der Waals surface area contributed by atoms with Crippen LogP contribution in [-0.4, -0.2) is 91.4 Å². The molecule has 62 heavy (non-hydrogen) atoms. The zero-order valence-electron chi connectivity index (χ0n) is 33.8. The molecule has 2 atom stereocenters. The summed E-state index contributed by atoms with van der Waals surface area (Å²) in [7, 11) is -10.2. The van der Waals surface area contributed by atoms with Gasteiger partial charge in [-0.2, -0.15) is 29.9 Å². The van der Waals surface area contributed by atoms with Crippen LogP contribution in [-0.2, 0) is 20.2 Å². The molecular weight excluding hydrogens is 863 g/mol. The van der Waals surface area contributed by atoms with Crippen LogP contribution in [0.2, 0.25) is 0 Å². The summed E-state index contributed by atoms with van der Waals surface area (Å²) >= 11 is 0. The molecule has 4 aromatic carbocycles. The summed E-state index contributed by atoms with van der Waals surface area (Å²) in [5.74, 6) is 0.311. The molecule has 0 spiro atoms. The number of anilines is 10. The Morgan fingerprint density at radius 3 is 1.11 bits per heavy atom. The van der Waals surface area contributed by atoms with Crippen LogP contribution in [0, 0.1) is 0 Å². The van der Waals surface area contributed by atoms with Gasteiger partial charge in [-0.25, -0.2) is 16.8 Å². The Hall–Kier alpha value is -4.82. The Morgan fingerprint density at radius 1 is 0.500 bits per heavy atom. The van der Waals surface area contributed by atoms with Gasteiger partial charge in [0, 0.05) is 35.8 Å². The van der Waals surface area contributed by atoms with Gasteiger partial charge in [0.2, 0.25) is 35.7 Å². The first-order valence-electron chi connectivity index (χ1n) is 18.0. The maximum atomic E-state index is 12.5. The largest absolute Gasteiger partial charge is 1.00 e. The minimum Gasteiger partial charge on any atom is -0.744 e. The molecule has 312 valence electrons. The van der Waals surface area contributed by atoms with E-state index in [1.807, 2.05) is 12.1 Å². The number of hydrogen-bond acceptors (Lipinski definition) is 20. The van der Waals surface area contributed by atoms with Gasteiger partial charge in [0.1, 0.15) is 20.2 Å². The van der Waals surface area contributed by atoms with Crippen LogP contribution in [0.25, 0.3) is 12.2 Å². The summed E-state index contributed by atoms with van der Waals surface area (Å²) in [6.45, 7) is 3.36. The van der Waals surface area contributed by atoms with Crippen LogP contribution in [0.4, 0.5) is 58.4 Å². The van der Waals surface area contributed by atoms with Gasteiger partial charge in [0.15, 0.2) is 0 Å². The van der Waals surface area contributed by atoms with E-state index in [9.17, 15) is 36.2 Å². The number of rotatable bonds is 18. The van der Waals surface area contributed by atoms with E-state index in [1.165, 1.54) is 36.4 Å². The van der Waals surface area contributed by atoms with Crippen molar-refractivity contribution in [2.24, 2.45) is 0 Å². The fraction of sp³-hybridized carbons (Fsp3) is 0.158. The fourth-order valence-electron chi connectivity index (χ4n) is 5.28. The second-order valence-electron chi connectivity index (χ2n) is 13.1. The summed E-state index contributed by atoms with van der Waals surface area (Å²) in [6, 6.07) is 25.6. The average Bonchev–Trinajstić information content (AvgIpc) is 3.19. The molecule has 0 bridgehead atoms. The monoisotopic (exact) mass is 900 g/mol. The molecule has 6 rings (SSSR count). The van der Waals surface area contributed by atoms with Crippen molar-refractivity contribution in [3.63, 3.8) is 0 Å². The normalized spacial score (nSPS) is 12.3. The van der Waals surface area contributed by atoms with Crippen LogP contribution in [0.15, 0.2) is 107 Å². The Balaban J connectivity index is 0.00000422. The Labute approximate surface area is 401 Å². The second-order valence-corrected chi connectivity index (χ2v) is 15.7. The van der Waals surface area contributed by atoms with Crippen molar-refractivity contribution in [2.75, 3.05) is 45.0 Å². The number of benzene rings is 4. The zero-order chi connectivity index (χ0) is 42.9. The molecule has 6 aromatic rings. The van der Waals surface area contributed by atoms with Crippen LogP contribution < -0.4 is 91.0 Å². The van der Waals surface area contributed by atoms with E-state index >= 15 is 0 Å². The molecule has 0 radical (unpaired) electrons. The van der Waals surface area contributed by atoms with Gasteiger partial charge in [-0.15, -0.1) is 0 Å². The molecule has 0 aliphatic rings. The van der Waals surface area contributed by atoms with Gasteiger partial charge < -0.3 is 51.2 Å². The number of aromatic nitrogens is 6. The van der Waals surface area contributed by atoms with Crippen LogP contribution in [0.5, 0.6) is 0 Å². The van der Waals surface area contributed by atoms with Gasteiger partial charge in [-0.05, 0) is 73.5 Å². The van der Waals surface area contributed by atoms with Gasteiger partial charge in [0.25, 0.3) is 0 Å². The van der Waals surface area contributed by atoms with E-state index < -0.39 is 42.2 Å². The van der Waals surface area contributed by atoms with Crippen molar-refractivity contribution in [3.05, 3.63) is 108 Å². The molecule has 0 fully saturated rings. The molecule has 2 aromatic heterocycles. The molecule has 0 amide bonds. The molecule has 0 aliphatic heterocycles. The quantitative estimate of drug-likeness (QED) is 0.0280. The third-order valence-corrected chi connectivity index (χ3v) is 9.75. The molecular formula is C38H38N12Na2O8S2. The molecule has 0 saturated heterocycles. The maximum Gasteiger partial charge on any atom is 1.00 e. The van der Waals surface area contributed by atoms with Crippen LogP contribution in [0.3, 0.4) is 0 Å².